The quantitative estimate of drug-likeness (QED) is 0.509. The zero-order valence-electron chi connectivity index (χ0n) is 17.6. The first-order chi connectivity index (χ1) is 15.4. The summed E-state index contributed by atoms with van der Waals surface area (Å²) in [5.74, 6) is -0.357. The topological polar surface area (TPSA) is 131 Å². The summed E-state index contributed by atoms with van der Waals surface area (Å²) in [6.07, 6.45) is -1.22. The normalized spacial score (nSPS) is 20.5. The summed E-state index contributed by atoms with van der Waals surface area (Å²) < 4.78 is 15.0. The molecule has 2 N–H and O–H groups in total. The molecule has 0 aromatic carbocycles. The van der Waals surface area contributed by atoms with Gasteiger partial charge in [-0.25, -0.2) is 4.79 Å². The van der Waals surface area contributed by atoms with Crippen molar-refractivity contribution in [2.45, 2.75) is 13.5 Å². The number of hydrogen-bond acceptors (Lipinski definition) is 9. The highest BCUT2D eigenvalue weighted by atomic mass is 32.1. The van der Waals surface area contributed by atoms with Crippen molar-refractivity contribution in [1.82, 2.24) is 14.8 Å². The van der Waals surface area contributed by atoms with Gasteiger partial charge in [0.25, 0.3) is 5.91 Å². The molecule has 1 unspecified atom stereocenters. The molecular formula is C20H23N4O7S+. The van der Waals surface area contributed by atoms with Crippen molar-refractivity contribution in [2.24, 2.45) is 5.10 Å². The van der Waals surface area contributed by atoms with Crippen molar-refractivity contribution in [2.75, 3.05) is 40.0 Å². The molecule has 1 atom stereocenters. The Labute approximate surface area is 187 Å². The van der Waals surface area contributed by atoms with Crippen LogP contribution in [0.5, 0.6) is 0 Å². The van der Waals surface area contributed by atoms with Gasteiger partial charge in [0, 0.05) is 19.2 Å². The van der Waals surface area contributed by atoms with E-state index >= 15 is 0 Å². The second-order valence-electron chi connectivity index (χ2n) is 7.24. The SMILES string of the molecule is CC[N+]1(C(=O)O)N=C(NC(=O)c2ccc(CN3CCOCC3)o2)c2sc(C(=O)OC)cc21. The van der Waals surface area contributed by atoms with Crippen LogP contribution >= 0.6 is 11.3 Å². The average Bonchev–Trinajstić information content (AvgIpc) is 3.50. The lowest BCUT2D eigenvalue weighted by atomic mass is 10.3. The molecule has 1 fully saturated rings. The third-order valence-electron chi connectivity index (χ3n) is 5.36. The molecule has 0 saturated carbocycles. The van der Waals surface area contributed by atoms with Crippen molar-refractivity contribution in [3.8, 4) is 0 Å². The number of ether oxygens (including phenoxy) is 2. The number of esters is 1. The lowest BCUT2D eigenvalue weighted by molar-refractivity contribution is 0.0311. The molecule has 0 radical (unpaired) electrons. The second-order valence-corrected chi connectivity index (χ2v) is 8.29. The molecule has 2 aromatic rings. The molecule has 11 nitrogen and oxygen atoms in total. The number of morpholine rings is 1. The number of carbonyl (C=O) groups is 3. The van der Waals surface area contributed by atoms with Crippen LogP contribution in [-0.4, -0.2) is 73.8 Å². The fraction of sp³-hybridized carbons (Fsp3) is 0.400. The molecule has 2 aliphatic rings. The largest absolute Gasteiger partial charge is 0.546 e. The van der Waals surface area contributed by atoms with Gasteiger partial charge in [0.1, 0.15) is 22.1 Å². The lowest BCUT2D eigenvalue weighted by Gasteiger charge is -2.25. The Kier molecular flexibility index (Phi) is 6.11. The first-order valence-electron chi connectivity index (χ1n) is 10.0. The van der Waals surface area contributed by atoms with E-state index in [9.17, 15) is 19.5 Å². The zero-order chi connectivity index (χ0) is 22.9. The molecule has 2 amide bonds. The number of fused-ring (bicyclic) bond motifs is 1. The minimum Gasteiger partial charge on any atom is -0.465 e. The maximum absolute atomic E-state index is 12.8. The Hall–Kier alpha value is -3.06. The summed E-state index contributed by atoms with van der Waals surface area (Å²) >= 11 is 1.02. The van der Waals surface area contributed by atoms with Gasteiger partial charge in [-0.05, 0) is 24.2 Å². The summed E-state index contributed by atoms with van der Waals surface area (Å²) in [5.41, 5.74) is 0.299. The molecular weight excluding hydrogens is 440 g/mol. The van der Waals surface area contributed by atoms with Crippen LogP contribution < -0.4 is 9.91 Å². The maximum Gasteiger partial charge on any atom is 0.546 e. The molecule has 32 heavy (non-hydrogen) atoms. The minimum atomic E-state index is -1.22. The van der Waals surface area contributed by atoms with Crippen LogP contribution in [0.25, 0.3) is 0 Å². The molecule has 0 spiro atoms. The number of amidine groups is 1. The molecule has 1 saturated heterocycles. The lowest BCUT2D eigenvalue weighted by Crippen LogP contribution is -2.47. The fourth-order valence-electron chi connectivity index (χ4n) is 3.63. The number of methoxy groups -OCH3 is 1. The van der Waals surface area contributed by atoms with Gasteiger partial charge >= 0.3 is 12.1 Å². The van der Waals surface area contributed by atoms with Crippen LogP contribution in [0, 0.1) is 0 Å². The smallest absolute Gasteiger partial charge is 0.465 e. The molecule has 4 heterocycles. The Morgan fingerprint density at radius 3 is 2.72 bits per heavy atom. The number of hydrogen-bond donors (Lipinski definition) is 2. The molecule has 12 heteroatoms. The number of nitrogens with one attached hydrogen (secondary N) is 1. The highest BCUT2D eigenvalue weighted by Gasteiger charge is 2.50. The van der Waals surface area contributed by atoms with Crippen LogP contribution in [0.2, 0.25) is 0 Å². The van der Waals surface area contributed by atoms with Gasteiger partial charge in [-0.1, -0.05) is 4.59 Å². The predicted octanol–water partition coefficient (Wildman–Crippen LogP) is 2.07. The highest BCUT2D eigenvalue weighted by molar-refractivity contribution is 7.16. The van der Waals surface area contributed by atoms with E-state index < -0.39 is 22.6 Å². The molecule has 0 aliphatic carbocycles. The van der Waals surface area contributed by atoms with Crippen LogP contribution in [0.1, 0.15) is 37.8 Å². The van der Waals surface area contributed by atoms with Crippen molar-refractivity contribution < 1.29 is 33.4 Å². The number of quaternary nitrogens is 1. The minimum absolute atomic E-state index is 0.0699. The van der Waals surface area contributed by atoms with Crippen molar-refractivity contribution in [3.05, 3.63) is 39.5 Å². The second kappa shape index (κ2) is 8.82. The van der Waals surface area contributed by atoms with Gasteiger partial charge < -0.3 is 19.0 Å². The van der Waals surface area contributed by atoms with E-state index in [2.05, 4.69) is 15.3 Å². The number of nitrogens with zero attached hydrogens (tertiary/aromatic N) is 3. The van der Waals surface area contributed by atoms with Crippen molar-refractivity contribution >= 4 is 40.8 Å². The average molecular weight is 463 g/mol. The number of carboxylic acid groups (broad SMARTS) is 1. The summed E-state index contributed by atoms with van der Waals surface area (Å²) in [6, 6.07) is 4.74. The first kappa shape index (κ1) is 22.1. The summed E-state index contributed by atoms with van der Waals surface area (Å²) in [6.45, 7) is 5.20. The number of furan rings is 1. The number of amides is 2. The monoisotopic (exact) mass is 463 g/mol. The maximum atomic E-state index is 12.8. The van der Waals surface area contributed by atoms with E-state index in [1.54, 1.807) is 19.1 Å². The predicted molar refractivity (Wildman–Crippen MR) is 115 cm³/mol. The Bertz CT molecular complexity index is 1090. The van der Waals surface area contributed by atoms with Gasteiger partial charge in [0.15, 0.2) is 11.4 Å². The van der Waals surface area contributed by atoms with Gasteiger partial charge in [-0.2, -0.15) is 4.79 Å². The zero-order valence-corrected chi connectivity index (χ0v) is 18.4. The molecule has 4 rings (SSSR count). The van der Waals surface area contributed by atoms with Crippen LogP contribution in [0.4, 0.5) is 10.5 Å². The van der Waals surface area contributed by atoms with Gasteiger partial charge in [0.05, 0.1) is 26.9 Å². The molecule has 0 bridgehead atoms. The Morgan fingerprint density at radius 1 is 1.31 bits per heavy atom. The first-order valence-corrected chi connectivity index (χ1v) is 10.8. The standard InChI is InChI=1S/C20H22N4O7S/c1-3-24(20(27)28)13-10-15(19(26)29-2)32-16(13)17(22-24)21-18(25)14-5-4-12(31-14)11-23-6-8-30-9-7-23/h4-5,10H,3,6-9,11H2,1-2H3,(H-,21,22,25,27,28)/p+1. The summed E-state index contributed by atoms with van der Waals surface area (Å²) in [5, 5.41) is 16.8. The third-order valence-corrected chi connectivity index (χ3v) is 6.47. The van der Waals surface area contributed by atoms with Crippen molar-refractivity contribution in [3.63, 3.8) is 0 Å². The van der Waals surface area contributed by atoms with Gasteiger partial charge in [-0.3, -0.25) is 15.0 Å². The van der Waals surface area contributed by atoms with Crippen molar-refractivity contribution in [1.29, 1.82) is 0 Å². The fourth-order valence-corrected chi connectivity index (χ4v) is 4.69. The van der Waals surface area contributed by atoms with E-state index in [-0.39, 0.29) is 23.0 Å². The number of thiophene rings is 1. The Balaban J connectivity index is 1.56. The van der Waals surface area contributed by atoms with E-state index in [1.807, 2.05) is 0 Å². The van der Waals surface area contributed by atoms with E-state index in [4.69, 9.17) is 13.9 Å². The summed E-state index contributed by atoms with van der Waals surface area (Å²) in [7, 11) is 1.24. The van der Waals surface area contributed by atoms with Crippen LogP contribution in [-0.2, 0) is 16.0 Å². The number of rotatable bonds is 5. The molecule has 2 aliphatic heterocycles. The molecule has 170 valence electrons. The Morgan fingerprint density at radius 2 is 2.06 bits per heavy atom. The van der Waals surface area contributed by atoms with E-state index in [0.717, 1.165) is 24.4 Å². The van der Waals surface area contributed by atoms with Gasteiger partial charge in [-0.15, -0.1) is 11.3 Å². The summed E-state index contributed by atoms with van der Waals surface area (Å²) in [4.78, 5) is 39.7. The van der Waals surface area contributed by atoms with Crippen LogP contribution in [0.15, 0.2) is 27.7 Å². The number of carbonyl (C=O) groups excluding carboxylic acids is 2. The van der Waals surface area contributed by atoms with Gasteiger partial charge in [0.2, 0.25) is 5.84 Å². The van der Waals surface area contributed by atoms with E-state index in [0.29, 0.717) is 36.1 Å². The third kappa shape index (κ3) is 3.93. The van der Waals surface area contributed by atoms with Crippen LogP contribution in [0.3, 0.4) is 0 Å². The highest BCUT2D eigenvalue weighted by Crippen LogP contribution is 2.41. The van der Waals surface area contributed by atoms with E-state index in [1.165, 1.54) is 13.2 Å². The molecule has 2 aromatic heterocycles.